The number of hydrogen-bond donors (Lipinski definition) is 1. The molecule has 3 aromatic carbocycles. The largest absolute Gasteiger partial charge is 0.491 e. The van der Waals surface area contributed by atoms with Crippen LogP contribution in [0.25, 0.3) is 16.8 Å². The molecule has 7 nitrogen and oxygen atoms in total. The minimum absolute atomic E-state index is 0.120. The van der Waals surface area contributed by atoms with Crippen molar-refractivity contribution in [2.24, 2.45) is 5.73 Å². The first-order valence-corrected chi connectivity index (χ1v) is 11.6. The average molecular weight is 527 g/mol. The third-order valence-electron chi connectivity index (χ3n) is 4.82. The fourth-order valence-electron chi connectivity index (χ4n) is 3.31. The molecule has 4 rings (SSSR count). The summed E-state index contributed by atoms with van der Waals surface area (Å²) in [6.45, 7) is -0.00656. The zero-order chi connectivity index (χ0) is 23.4. The van der Waals surface area contributed by atoms with E-state index in [-0.39, 0.29) is 29.9 Å². The molecular weight excluding hydrogens is 508 g/mol. The summed E-state index contributed by atoms with van der Waals surface area (Å²) >= 11 is 4.22. The predicted molar refractivity (Wildman–Crippen MR) is 131 cm³/mol. The van der Waals surface area contributed by atoms with Crippen LogP contribution in [-0.2, 0) is 9.59 Å². The van der Waals surface area contributed by atoms with Gasteiger partial charge in [-0.25, -0.2) is 0 Å². The van der Waals surface area contributed by atoms with Gasteiger partial charge in [0, 0.05) is 15.4 Å². The Kier molecular flexibility index (Phi) is 7.00. The minimum Gasteiger partial charge on any atom is -0.491 e. The van der Waals surface area contributed by atoms with Crippen LogP contribution in [0.15, 0.2) is 70.0 Å². The molecule has 0 aromatic heterocycles. The van der Waals surface area contributed by atoms with Crippen molar-refractivity contribution in [3.05, 3.63) is 75.6 Å². The first-order chi connectivity index (χ1) is 15.9. The number of rotatable bonds is 8. The van der Waals surface area contributed by atoms with E-state index in [1.54, 1.807) is 24.3 Å². The Morgan fingerprint density at radius 2 is 1.82 bits per heavy atom. The SMILES string of the molecule is NC(=O)COc1ccc(Br)cc1/C=C1\SC(=O)N(CCOc2cccc3ccccc23)C1=O. The maximum atomic E-state index is 12.9. The summed E-state index contributed by atoms with van der Waals surface area (Å²) in [7, 11) is 0. The van der Waals surface area contributed by atoms with E-state index in [1.165, 1.54) is 0 Å². The normalized spacial score (nSPS) is 14.8. The summed E-state index contributed by atoms with van der Waals surface area (Å²) in [5.74, 6) is 0.0480. The topological polar surface area (TPSA) is 98.9 Å². The number of imide groups is 1. The van der Waals surface area contributed by atoms with Crippen LogP contribution >= 0.6 is 27.7 Å². The van der Waals surface area contributed by atoms with Gasteiger partial charge in [0.2, 0.25) is 0 Å². The van der Waals surface area contributed by atoms with Crippen molar-refractivity contribution in [2.75, 3.05) is 19.8 Å². The lowest BCUT2D eigenvalue weighted by Gasteiger charge is -2.14. The standard InChI is InChI=1S/C24H19BrN2O5S/c25-17-8-9-19(32-14-22(26)28)16(12-17)13-21-23(29)27(24(30)33-21)10-11-31-20-7-3-5-15-4-1-2-6-18(15)20/h1-9,12-13H,10-11,14H2,(H2,26,28)/b21-13-. The second-order valence-electron chi connectivity index (χ2n) is 7.10. The quantitative estimate of drug-likeness (QED) is 0.431. The number of hydrogen-bond acceptors (Lipinski definition) is 6. The molecule has 1 fully saturated rings. The van der Waals surface area contributed by atoms with Crippen LogP contribution < -0.4 is 15.2 Å². The van der Waals surface area contributed by atoms with Gasteiger partial charge < -0.3 is 15.2 Å². The van der Waals surface area contributed by atoms with Crippen molar-refractivity contribution in [1.82, 2.24) is 4.90 Å². The van der Waals surface area contributed by atoms with Crippen LogP contribution in [0.2, 0.25) is 0 Å². The lowest BCUT2D eigenvalue weighted by molar-refractivity contribution is -0.123. The molecule has 1 aliphatic heterocycles. The number of carbonyl (C=O) groups excluding carboxylic acids is 3. The highest BCUT2D eigenvalue weighted by atomic mass is 79.9. The Morgan fingerprint density at radius 1 is 1.03 bits per heavy atom. The van der Waals surface area contributed by atoms with E-state index in [0.717, 1.165) is 31.9 Å². The lowest BCUT2D eigenvalue weighted by atomic mass is 10.1. The van der Waals surface area contributed by atoms with E-state index in [4.69, 9.17) is 15.2 Å². The van der Waals surface area contributed by atoms with E-state index in [2.05, 4.69) is 15.9 Å². The van der Waals surface area contributed by atoms with E-state index >= 15 is 0 Å². The molecule has 168 valence electrons. The summed E-state index contributed by atoms with van der Waals surface area (Å²) in [4.78, 5) is 37.8. The number of nitrogens with two attached hydrogens (primary N) is 1. The zero-order valence-electron chi connectivity index (χ0n) is 17.3. The van der Waals surface area contributed by atoms with Crippen LogP contribution in [0.3, 0.4) is 0 Å². The number of nitrogens with zero attached hydrogens (tertiary/aromatic N) is 1. The van der Waals surface area contributed by atoms with Gasteiger partial charge in [-0.15, -0.1) is 0 Å². The summed E-state index contributed by atoms with van der Waals surface area (Å²) in [6.07, 6.45) is 1.57. The van der Waals surface area contributed by atoms with Gasteiger partial charge in [0.15, 0.2) is 6.61 Å². The molecule has 0 atom stereocenters. The van der Waals surface area contributed by atoms with E-state index in [0.29, 0.717) is 17.1 Å². The molecule has 0 bridgehead atoms. The molecule has 0 unspecified atom stereocenters. The second kappa shape index (κ2) is 10.1. The molecule has 0 radical (unpaired) electrons. The first kappa shape index (κ1) is 22.9. The highest BCUT2D eigenvalue weighted by Gasteiger charge is 2.35. The third-order valence-corrected chi connectivity index (χ3v) is 6.22. The average Bonchev–Trinajstić information content (AvgIpc) is 3.06. The van der Waals surface area contributed by atoms with Crippen LogP contribution in [0.5, 0.6) is 11.5 Å². The zero-order valence-corrected chi connectivity index (χ0v) is 19.7. The van der Waals surface area contributed by atoms with Gasteiger partial charge in [0.1, 0.15) is 18.1 Å². The summed E-state index contributed by atoms with van der Waals surface area (Å²) in [5.41, 5.74) is 5.70. The van der Waals surface area contributed by atoms with Crippen molar-refractivity contribution < 1.29 is 23.9 Å². The third kappa shape index (κ3) is 5.37. The summed E-state index contributed by atoms with van der Waals surface area (Å²) < 4.78 is 12.1. The number of halogens is 1. The maximum Gasteiger partial charge on any atom is 0.293 e. The van der Waals surface area contributed by atoms with Crippen LogP contribution in [0, 0.1) is 0 Å². The molecule has 1 aliphatic rings. The van der Waals surface area contributed by atoms with Gasteiger partial charge in [-0.1, -0.05) is 52.3 Å². The lowest BCUT2D eigenvalue weighted by Crippen LogP contribution is -2.32. The van der Waals surface area contributed by atoms with Gasteiger partial charge in [-0.05, 0) is 47.5 Å². The highest BCUT2D eigenvalue weighted by Crippen LogP contribution is 2.35. The smallest absolute Gasteiger partial charge is 0.293 e. The minimum atomic E-state index is -0.615. The summed E-state index contributed by atoms with van der Waals surface area (Å²) in [6, 6.07) is 18.7. The molecule has 0 spiro atoms. The molecule has 33 heavy (non-hydrogen) atoms. The van der Waals surface area contributed by atoms with Crippen molar-refractivity contribution in [3.8, 4) is 11.5 Å². The van der Waals surface area contributed by atoms with Crippen molar-refractivity contribution in [1.29, 1.82) is 0 Å². The van der Waals surface area contributed by atoms with Gasteiger partial charge in [-0.2, -0.15) is 0 Å². The fourth-order valence-corrected chi connectivity index (χ4v) is 4.55. The van der Waals surface area contributed by atoms with Gasteiger partial charge in [-0.3, -0.25) is 19.3 Å². The number of benzene rings is 3. The number of ether oxygens (including phenoxy) is 2. The number of primary amides is 1. The summed E-state index contributed by atoms with van der Waals surface area (Å²) in [5, 5.41) is 1.64. The number of carbonyl (C=O) groups is 3. The highest BCUT2D eigenvalue weighted by molar-refractivity contribution is 9.10. The number of thioether (sulfide) groups is 1. The van der Waals surface area contributed by atoms with E-state index in [1.807, 2.05) is 42.5 Å². The molecule has 0 aliphatic carbocycles. The van der Waals surface area contributed by atoms with Crippen LogP contribution in [0.4, 0.5) is 4.79 Å². The second-order valence-corrected chi connectivity index (χ2v) is 9.01. The number of amides is 3. The molecule has 3 aromatic rings. The molecule has 0 saturated carbocycles. The van der Waals surface area contributed by atoms with Crippen LogP contribution in [0.1, 0.15) is 5.56 Å². The Balaban J connectivity index is 1.46. The molecule has 1 saturated heterocycles. The van der Waals surface area contributed by atoms with E-state index < -0.39 is 11.8 Å². The fraction of sp³-hybridized carbons (Fsp3) is 0.125. The Hall–Kier alpha value is -3.30. The first-order valence-electron chi connectivity index (χ1n) is 9.99. The monoisotopic (exact) mass is 526 g/mol. The molecule has 3 amide bonds. The van der Waals surface area contributed by atoms with Crippen LogP contribution in [-0.4, -0.2) is 41.7 Å². The molecular formula is C24H19BrN2O5S. The maximum absolute atomic E-state index is 12.9. The Bertz CT molecular complexity index is 1270. The van der Waals surface area contributed by atoms with Gasteiger partial charge in [0.05, 0.1) is 11.4 Å². The molecule has 1 heterocycles. The van der Waals surface area contributed by atoms with Crippen molar-refractivity contribution in [3.63, 3.8) is 0 Å². The van der Waals surface area contributed by atoms with Gasteiger partial charge in [0.25, 0.3) is 17.1 Å². The van der Waals surface area contributed by atoms with Gasteiger partial charge >= 0.3 is 0 Å². The Morgan fingerprint density at radius 3 is 2.64 bits per heavy atom. The molecule has 9 heteroatoms. The molecule has 2 N–H and O–H groups in total. The predicted octanol–water partition coefficient (Wildman–Crippen LogP) is 4.58. The van der Waals surface area contributed by atoms with Crippen molar-refractivity contribution >= 4 is 61.6 Å². The van der Waals surface area contributed by atoms with Crippen molar-refractivity contribution in [2.45, 2.75) is 0 Å². The Labute approximate surface area is 202 Å². The number of fused-ring (bicyclic) bond motifs is 1. The van der Waals surface area contributed by atoms with E-state index in [9.17, 15) is 14.4 Å².